The van der Waals surface area contributed by atoms with Crippen molar-refractivity contribution >= 4 is 34.8 Å². The van der Waals surface area contributed by atoms with Crippen molar-refractivity contribution in [2.45, 2.75) is 4.84 Å². The first-order chi connectivity index (χ1) is 7.68. The van der Waals surface area contributed by atoms with E-state index in [2.05, 4.69) is 0 Å². The van der Waals surface area contributed by atoms with Gasteiger partial charge in [0.05, 0.1) is 0 Å². The van der Waals surface area contributed by atoms with E-state index in [4.69, 9.17) is 34.8 Å². The smallest absolute Gasteiger partial charge is 0.100 e. The lowest BCUT2D eigenvalue weighted by molar-refractivity contribution is 1.35. The zero-order valence-corrected chi connectivity index (χ0v) is 10.6. The molecule has 16 heavy (non-hydrogen) atoms. The molecule has 0 nitrogen and oxygen atoms in total. The van der Waals surface area contributed by atoms with Crippen LogP contribution in [0.5, 0.6) is 0 Å². The summed E-state index contributed by atoms with van der Waals surface area (Å²) < 4.78 is 0. The monoisotopic (exact) mass is 270 g/mol. The van der Waals surface area contributed by atoms with Crippen molar-refractivity contribution in [1.29, 1.82) is 0 Å². The molecule has 2 aromatic rings. The van der Waals surface area contributed by atoms with Crippen molar-refractivity contribution in [2.24, 2.45) is 0 Å². The molecule has 0 saturated carbocycles. The molecule has 82 valence electrons. The third kappa shape index (κ3) is 2.52. The van der Waals surface area contributed by atoms with E-state index < -0.39 is 4.84 Å². The van der Waals surface area contributed by atoms with Crippen LogP contribution in [0.1, 0.15) is 10.4 Å². The topological polar surface area (TPSA) is 0 Å². The van der Waals surface area contributed by atoms with E-state index in [9.17, 15) is 0 Å². The molecule has 0 amide bonds. The minimum atomic E-state index is -0.512. The Balaban J connectivity index is 2.49. The highest BCUT2D eigenvalue weighted by molar-refractivity contribution is 6.44. The highest BCUT2D eigenvalue weighted by atomic mass is 35.5. The highest BCUT2D eigenvalue weighted by Gasteiger charge is 2.06. The van der Waals surface area contributed by atoms with Crippen molar-refractivity contribution in [3.8, 4) is 11.1 Å². The normalized spacial score (nSPS) is 10.8. The van der Waals surface area contributed by atoms with Crippen LogP contribution < -0.4 is 0 Å². The molecule has 0 bridgehead atoms. The summed E-state index contributed by atoms with van der Waals surface area (Å²) >= 11 is 17.8. The second kappa shape index (κ2) is 5.09. The van der Waals surface area contributed by atoms with Gasteiger partial charge in [0, 0.05) is 10.6 Å². The summed E-state index contributed by atoms with van der Waals surface area (Å²) in [7, 11) is 0. The molecule has 0 aliphatic rings. The van der Waals surface area contributed by atoms with Gasteiger partial charge < -0.3 is 0 Å². The molecule has 0 fully saturated rings. The summed E-state index contributed by atoms with van der Waals surface area (Å²) in [6.07, 6.45) is 0. The Morgan fingerprint density at radius 3 is 2.31 bits per heavy atom. The summed E-state index contributed by atoms with van der Waals surface area (Å²) in [5.74, 6) is 0. The summed E-state index contributed by atoms with van der Waals surface area (Å²) in [6, 6.07) is 15.4. The van der Waals surface area contributed by atoms with Crippen LogP contribution in [0.3, 0.4) is 0 Å². The van der Waals surface area contributed by atoms with Crippen LogP contribution in [0.25, 0.3) is 11.1 Å². The van der Waals surface area contributed by atoms with E-state index in [0.29, 0.717) is 0 Å². The third-order valence-electron chi connectivity index (χ3n) is 2.32. The molecule has 0 saturated heterocycles. The maximum atomic E-state index is 6.12. The van der Waals surface area contributed by atoms with Gasteiger partial charge in [0.15, 0.2) is 0 Å². The van der Waals surface area contributed by atoms with E-state index >= 15 is 0 Å². The summed E-state index contributed by atoms with van der Waals surface area (Å²) in [6.45, 7) is 0. The molecule has 0 unspecified atom stereocenters. The molecule has 0 spiro atoms. The number of hydrogen-bond acceptors (Lipinski definition) is 0. The number of hydrogen-bond donors (Lipinski definition) is 0. The lowest BCUT2D eigenvalue weighted by Gasteiger charge is -2.07. The molecule has 0 heterocycles. The average Bonchev–Trinajstić information content (AvgIpc) is 2.30. The first-order valence-corrected chi connectivity index (χ1v) is 6.06. The van der Waals surface area contributed by atoms with E-state index in [1.165, 1.54) is 0 Å². The molecular formula is C13H9Cl3. The molecule has 2 rings (SSSR count). The first kappa shape index (κ1) is 11.8. The van der Waals surface area contributed by atoms with Gasteiger partial charge in [-0.3, -0.25) is 0 Å². The van der Waals surface area contributed by atoms with Crippen LogP contribution in [-0.4, -0.2) is 0 Å². The fourth-order valence-corrected chi connectivity index (χ4v) is 2.05. The molecule has 3 heteroatoms. The number of alkyl halides is 2. The van der Waals surface area contributed by atoms with Gasteiger partial charge in [0.2, 0.25) is 0 Å². The lowest BCUT2D eigenvalue weighted by Crippen LogP contribution is -1.84. The van der Waals surface area contributed by atoms with Crippen LogP contribution in [0.15, 0.2) is 48.5 Å². The molecule has 2 aromatic carbocycles. The summed E-state index contributed by atoms with van der Waals surface area (Å²) in [5, 5.41) is 0.723. The molecule has 0 radical (unpaired) electrons. The van der Waals surface area contributed by atoms with Crippen molar-refractivity contribution in [3.63, 3.8) is 0 Å². The SMILES string of the molecule is Clc1ccccc1-c1cccc(C(Cl)Cl)c1. The molecule has 0 aromatic heterocycles. The lowest BCUT2D eigenvalue weighted by atomic mass is 10.0. The fourth-order valence-electron chi connectivity index (χ4n) is 1.54. The van der Waals surface area contributed by atoms with Crippen LogP contribution in [0.4, 0.5) is 0 Å². The predicted octanol–water partition coefficient (Wildman–Crippen LogP) is 5.48. The first-order valence-electron chi connectivity index (χ1n) is 4.81. The molecular weight excluding hydrogens is 263 g/mol. The van der Waals surface area contributed by atoms with Gasteiger partial charge in [-0.1, -0.05) is 48.0 Å². The van der Waals surface area contributed by atoms with E-state index in [0.717, 1.165) is 21.7 Å². The largest absolute Gasteiger partial charge is 0.132 e. The number of halogens is 3. The molecule has 0 aliphatic heterocycles. The predicted molar refractivity (Wildman–Crippen MR) is 71.3 cm³/mol. The van der Waals surface area contributed by atoms with Crippen LogP contribution >= 0.6 is 34.8 Å². The zero-order chi connectivity index (χ0) is 11.5. The second-order valence-corrected chi connectivity index (χ2v) is 4.91. The second-order valence-electron chi connectivity index (χ2n) is 3.41. The van der Waals surface area contributed by atoms with E-state index in [-0.39, 0.29) is 0 Å². The maximum absolute atomic E-state index is 6.12. The van der Waals surface area contributed by atoms with Gasteiger partial charge in [0.1, 0.15) is 4.84 Å². The van der Waals surface area contributed by atoms with Crippen LogP contribution in [-0.2, 0) is 0 Å². The standard InChI is InChI=1S/C13H9Cl3/c14-12-7-2-1-6-11(12)9-4-3-5-10(8-9)13(15)16/h1-8,13H. The number of benzene rings is 2. The van der Waals surface area contributed by atoms with Crippen LogP contribution in [0.2, 0.25) is 5.02 Å². The van der Waals surface area contributed by atoms with Crippen molar-refractivity contribution < 1.29 is 0 Å². The Morgan fingerprint density at radius 2 is 1.62 bits per heavy atom. The van der Waals surface area contributed by atoms with Gasteiger partial charge >= 0.3 is 0 Å². The minimum Gasteiger partial charge on any atom is -0.100 e. The van der Waals surface area contributed by atoms with Crippen LogP contribution in [0, 0.1) is 0 Å². The average molecular weight is 272 g/mol. The van der Waals surface area contributed by atoms with E-state index in [1.54, 1.807) is 0 Å². The Hall–Kier alpha value is -0.690. The van der Waals surface area contributed by atoms with Gasteiger partial charge in [-0.15, -0.1) is 23.2 Å². The van der Waals surface area contributed by atoms with Gasteiger partial charge in [-0.2, -0.15) is 0 Å². The van der Waals surface area contributed by atoms with E-state index in [1.807, 2.05) is 48.5 Å². The Bertz CT molecular complexity index is 492. The third-order valence-corrected chi connectivity index (χ3v) is 3.16. The molecule has 0 atom stereocenters. The van der Waals surface area contributed by atoms with Crippen molar-refractivity contribution in [2.75, 3.05) is 0 Å². The zero-order valence-electron chi connectivity index (χ0n) is 8.33. The summed E-state index contributed by atoms with van der Waals surface area (Å²) in [5.41, 5.74) is 2.88. The highest BCUT2D eigenvalue weighted by Crippen LogP contribution is 2.31. The minimum absolute atomic E-state index is 0.512. The number of rotatable bonds is 2. The van der Waals surface area contributed by atoms with Crippen molar-refractivity contribution in [3.05, 3.63) is 59.1 Å². The Labute approximate surface area is 110 Å². The van der Waals surface area contributed by atoms with Crippen molar-refractivity contribution in [1.82, 2.24) is 0 Å². The molecule has 0 N–H and O–H groups in total. The van der Waals surface area contributed by atoms with Gasteiger partial charge in [-0.05, 0) is 23.3 Å². The Kier molecular flexibility index (Phi) is 3.75. The van der Waals surface area contributed by atoms with Gasteiger partial charge in [-0.25, -0.2) is 0 Å². The maximum Gasteiger partial charge on any atom is 0.132 e. The summed E-state index contributed by atoms with van der Waals surface area (Å²) in [4.78, 5) is -0.512. The van der Waals surface area contributed by atoms with Gasteiger partial charge in [0.25, 0.3) is 0 Å². The fraction of sp³-hybridized carbons (Fsp3) is 0.0769. The Morgan fingerprint density at radius 1 is 0.875 bits per heavy atom. The molecule has 0 aliphatic carbocycles. The quantitative estimate of drug-likeness (QED) is 0.634.